The molecule has 0 aliphatic carbocycles. The summed E-state index contributed by atoms with van der Waals surface area (Å²) in [5.41, 5.74) is 2.14. The predicted octanol–water partition coefficient (Wildman–Crippen LogP) is 5.06. The van der Waals surface area contributed by atoms with Crippen molar-refractivity contribution in [2.45, 2.75) is 25.0 Å². The van der Waals surface area contributed by atoms with Crippen molar-refractivity contribution in [3.63, 3.8) is 0 Å². The Morgan fingerprint density at radius 1 is 1.00 bits per heavy atom. The number of hydrogen-bond acceptors (Lipinski definition) is 5. The molecule has 2 heterocycles. The van der Waals surface area contributed by atoms with Crippen molar-refractivity contribution >= 4 is 29.0 Å². The molecular formula is C24H24N4OS2. The fourth-order valence-corrected chi connectivity index (χ4v) is 4.89. The van der Waals surface area contributed by atoms with Crippen LogP contribution < -0.4 is 0 Å². The van der Waals surface area contributed by atoms with E-state index in [4.69, 9.17) is 0 Å². The number of rotatable bonds is 9. The van der Waals surface area contributed by atoms with Crippen molar-refractivity contribution in [1.82, 2.24) is 19.7 Å². The molecule has 1 amide bonds. The maximum Gasteiger partial charge on any atom is 0.233 e. The van der Waals surface area contributed by atoms with E-state index in [1.54, 1.807) is 11.3 Å². The zero-order chi connectivity index (χ0) is 21.5. The van der Waals surface area contributed by atoms with E-state index in [9.17, 15) is 4.79 Å². The third kappa shape index (κ3) is 5.42. The Hall–Kier alpha value is -2.90. The minimum Gasteiger partial charge on any atom is -0.338 e. The molecule has 158 valence electrons. The van der Waals surface area contributed by atoms with Crippen LogP contribution in [0.1, 0.15) is 23.2 Å². The van der Waals surface area contributed by atoms with E-state index in [0.717, 1.165) is 22.2 Å². The summed E-state index contributed by atoms with van der Waals surface area (Å²) >= 11 is 3.15. The zero-order valence-corrected chi connectivity index (χ0v) is 19.0. The lowest BCUT2D eigenvalue weighted by Crippen LogP contribution is -2.31. The van der Waals surface area contributed by atoms with E-state index < -0.39 is 0 Å². The second-order valence-electron chi connectivity index (χ2n) is 7.01. The number of nitrogens with zero attached hydrogens (tertiary/aromatic N) is 4. The number of aromatic nitrogens is 3. The van der Waals surface area contributed by atoms with Gasteiger partial charge in [0.1, 0.15) is 5.82 Å². The van der Waals surface area contributed by atoms with E-state index in [2.05, 4.69) is 26.2 Å². The first-order valence-corrected chi connectivity index (χ1v) is 12.1. The molecule has 4 rings (SSSR count). The molecule has 0 N–H and O–H groups in total. The second kappa shape index (κ2) is 10.4. The van der Waals surface area contributed by atoms with Gasteiger partial charge < -0.3 is 4.90 Å². The van der Waals surface area contributed by atoms with Crippen LogP contribution in [0.15, 0.2) is 83.3 Å². The molecule has 0 saturated heterocycles. The van der Waals surface area contributed by atoms with E-state index in [1.165, 1.54) is 16.6 Å². The molecule has 0 bridgehead atoms. The highest BCUT2D eigenvalue weighted by molar-refractivity contribution is 7.99. The summed E-state index contributed by atoms with van der Waals surface area (Å²) in [6.45, 7) is 3.30. The fourth-order valence-electron chi connectivity index (χ4n) is 3.31. The van der Waals surface area contributed by atoms with Crippen LogP contribution in [-0.2, 0) is 17.8 Å². The number of thiophene rings is 1. The first-order chi connectivity index (χ1) is 15.2. The third-order valence-corrected chi connectivity index (χ3v) is 6.69. The highest BCUT2D eigenvalue weighted by Crippen LogP contribution is 2.25. The molecule has 0 fully saturated rings. The first-order valence-electron chi connectivity index (χ1n) is 10.2. The van der Waals surface area contributed by atoms with Crippen LogP contribution in [0.4, 0.5) is 0 Å². The molecule has 7 heteroatoms. The topological polar surface area (TPSA) is 51.0 Å². The van der Waals surface area contributed by atoms with E-state index in [0.29, 0.717) is 25.3 Å². The summed E-state index contributed by atoms with van der Waals surface area (Å²) in [6, 6.07) is 24.3. The molecule has 4 aromatic rings. The van der Waals surface area contributed by atoms with Crippen molar-refractivity contribution in [1.29, 1.82) is 0 Å². The van der Waals surface area contributed by atoms with Gasteiger partial charge in [0.15, 0.2) is 5.16 Å². The van der Waals surface area contributed by atoms with Gasteiger partial charge in [0.2, 0.25) is 5.91 Å². The SMILES string of the molecule is CCN(Cc1ccccc1)C(=O)CSc1nnc(Cc2cccs2)n1-c1ccccc1. The average molecular weight is 449 g/mol. The first kappa shape index (κ1) is 21.3. The van der Waals surface area contributed by atoms with Crippen LogP contribution >= 0.6 is 23.1 Å². The standard InChI is InChI=1S/C24H24N4OS2/c1-2-27(17-19-10-5-3-6-11-19)23(29)18-31-24-26-25-22(16-21-14-9-15-30-21)28(24)20-12-7-4-8-13-20/h3-15H,2,16-18H2,1H3. The maximum absolute atomic E-state index is 12.9. The van der Waals surface area contributed by atoms with Crippen molar-refractivity contribution in [3.8, 4) is 5.69 Å². The Balaban J connectivity index is 1.51. The predicted molar refractivity (Wildman–Crippen MR) is 127 cm³/mol. The van der Waals surface area contributed by atoms with Gasteiger partial charge in [-0.3, -0.25) is 9.36 Å². The lowest BCUT2D eigenvalue weighted by Gasteiger charge is -2.21. The Labute approximate surface area is 190 Å². The van der Waals surface area contributed by atoms with Crippen LogP contribution in [0, 0.1) is 0 Å². The monoisotopic (exact) mass is 448 g/mol. The van der Waals surface area contributed by atoms with Gasteiger partial charge in [-0.05, 0) is 36.1 Å². The summed E-state index contributed by atoms with van der Waals surface area (Å²) in [7, 11) is 0. The smallest absolute Gasteiger partial charge is 0.233 e. The third-order valence-electron chi connectivity index (χ3n) is 4.90. The molecule has 0 aliphatic rings. The number of benzene rings is 2. The molecule has 0 saturated carbocycles. The molecule has 31 heavy (non-hydrogen) atoms. The molecule has 0 aliphatic heterocycles. The van der Waals surface area contributed by atoms with Crippen molar-refractivity contribution in [3.05, 3.63) is 94.4 Å². The normalized spacial score (nSPS) is 10.9. The molecule has 2 aromatic heterocycles. The molecule has 0 spiro atoms. The van der Waals surface area contributed by atoms with Crippen LogP contribution in [0.3, 0.4) is 0 Å². The van der Waals surface area contributed by atoms with Gasteiger partial charge in [0.25, 0.3) is 0 Å². The lowest BCUT2D eigenvalue weighted by molar-refractivity contribution is -0.128. The Bertz CT molecular complexity index is 1100. The van der Waals surface area contributed by atoms with E-state index >= 15 is 0 Å². The highest BCUT2D eigenvalue weighted by atomic mass is 32.2. The van der Waals surface area contributed by atoms with Gasteiger partial charge in [-0.1, -0.05) is 66.4 Å². The van der Waals surface area contributed by atoms with Gasteiger partial charge in [-0.15, -0.1) is 21.5 Å². The number of hydrogen-bond donors (Lipinski definition) is 0. The second-order valence-corrected chi connectivity index (χ2v) is 8.98. The van der Waals surface area contributed by atoms with Crippen LogP contribution in [-0.4, -0.2) is 37.9 Å². The van der Waals surface area contributed by atoms with Gasteiger partial charge in [-0.2, -0.15) is 0 Å². The average Bonchev–Trinajstić information content (AvgIpc) is 3.47. The Kier molecular flexibility index (Phi) is 7.17. The summed E-state index contributed by atoms with van der Waals surface area (Å²) in [5.74, 6) is 1.30. The largest absolute Gasteiger partial charge is 0.338 e. The number of amides is 1. The van der Waals surface area contributed by atoms with Crippen molar-refractivity contribution in [2.75, 3.05) is 12.3 Å². The highest BCUT2D eigenvalue weighted by Gasteiger charge is 2.18. The lowest BCUT2D eigenvalue weighted by atomic mass is 10.2. The van der Waals surface area contributed by atoms with Gasteiger partial charge in [0.05, 0.1) is 5.75 Å². The van der Waals surface area contributed by atoms with E-state index in [-0.39, 0.29) is 5.91 Å². The zero-order valence-electron chi connectivity index (χ0n) is 17.3. The minimum absolute atomic E-state index is 0.0961. The van der Waals surface area contributed by atoms with Crippen LogP contribution in [0.2, 0.25) is 0 Å². The molecular weight excluding hydrogens is 424 g/mol. The maximum atomic E-state index is 12.9. The quantitative estimate of drug-likeness (QED) is 0.336. The Morgan fingerprint density at radius 2 is 1.74 bits per heavy atom. The Morgan fingerprint density at radius 3 is 2.42 bits per heavy atom. The number of carbonyl (C=O) groups excluding carboxylic acids is 1. The molecule has 5 nitrogen and oxygen atoms in total. The van der Waals surface area contributed by atoms with Gasteiger partial charge >= 0.3 is 0 Å². The van der Waals surface area contributed by atoms with Gasteiger partial charge in [-0.25, -0.2) is 0 Å². The molecule has 0 unspecified atom stereocenters. The fraction of sp³-hybridized carbons (Fsp3) is 0.208. The summed E-state index contributed by atoms with van der Waals surface area (Å²) in [5, 5.41) is 11.7. The number of thioether (sulfide) groups is 1. The summed E-state index contributed by atoms with van der Waals surface area (Å²) in [4.78, 5) is 16.0. The number of para-hydroxylation sites is 1. The molecule has 2 aromatic carbocycles. The molecule has 0 radical (unpaired) electrons. The van der Waals surface area contributed by atoms with E-state index in [1.807, 2.05) is 78.6 Å². The summed E-state index contributed by atoms with van der Waals surface area (Å²) < 4.78 is 2.06. The number of carbonyl (C=O) groups is 1. The van der Waals surface area contributed by atoms with Crippen molar-refractivity contribution < 1.29 is 4.79 Å². The summed E-state index contributed by atoms with van der Waals surface area (Å²) in [6.07, 6.45) is 0.711. The van der Waals surface area contributed by atoms with Crippen LogP contribution in [0.25, 0.3) is 5.69 Å². The van der Waals surface area contributed by atoms with Gasteiger partial charge in [0, 0.05) is 30.1 Å². The molecule has 0 atom stereocenters. The van der Waals surface area contributed by atoms with Crippen LogP contribution in [0.5, 0.6) is 0 Å². The van der Waals surface area contributed by atoms with Crippen molar-refractivity contribution in [2.24, 2.45) is 0 Å². The minimum atomic E-state index is 0.0961.